The first-order valence-electron chi connectivity index (χ1n) is 8.21. The van der Waals surface area contributed by atoms with Gasteiger partial charge in [0.2, 0.25) is 15.9 Å². The van der Waals surface area contributed by atoms with Crippen LogP contribution in [0.4, 0.5) is 5.69 Å². The number of sulfonamides is 1. The van der Waals surface area contributed by atoms with Gasteiger partial charge in [-0.05, 0) is 36.9 Å². The van der Waals surface area contributed by atoms with Crippen LogP contribution in [0.1, 0.15) is 11.1 Å². The second kappa shape index (κ2) is 7.27. The van der Waals surface area contributed by atoms with Gasteiger partial charge >= 0.3 is 0 Å². The van der Waals surface area contributed by atoms with Crippen molar-refractivity contribution >= 4 is 32.4 Å². The lowest BCUT2D eigenvalue weighted by Gasteiger charge is -2.11. The monoisotopic (exact) mass is 368 g/mol. The van der Waals surface area contributed by atoms with Gasteiger partial charge in [0.25, 0.3) is 0 Å². The fourth-order valence-electron chi connectivity index (χ4n) is 2.87. The minimum absolute atomic E-state index is 0.182. The molecule has 2 N–H and O–H groups in total. The van der Waals surface area contributed by atoms with Gasteiger partial charge in [0.1, 0.15) is 0 Å². The number of rotatable bonds is 5. The van der Waals surface area contributed by atoms with Gasteiger partial charge in [0.15, 0.2) is 0 Å². The van der Waals surface area contributed by atoms with Gasteiger partial charge in [-0.15, -0.1) is 0 Å². The SMILES string of the molecule is Cc1ccc(S(=O)(=O)NCC(=O)Nc2cccc3ccccc23)c(C)c1. The lowest BCUT2D eigenvalue weighted by atomic mass is 10.1. The molecule has 0 fully saturated rings. The Hall–Kier alpha value is -2.70. The van der Waals surface area contributed by atoms with E-state index in [1.807, 2.05) is 43.3 Å². The van der Waals surface area contributed by atoms with Crippen molar-refractivity contribution in [2.24, 2.45) is 0 Å². The lowest BCUT2D eigenvalue weighted by molar-refractivity contribution is -0.115. The Labute approximate surface area is 153 Å². The highest BCUT2D eigenvalue weighted by Gasteiger charge is 2.18. The highest BCUT2D eigenvalue weighted by atomic mass is 32.2. The zero-order valence-electron chi connectivity index (χ0n) is 14.6. The Morgan fingerprint density at radius 1 is 0.962 bits per heavy atom. The molecule has 134 valence electrons. The summed E-state index contributed by atoms with van der Waals surface area (Å²) in [5.41, 5.74) is 2.28. The molecule has 1 amide bonds. The van der Waals surface area contributed by atoms with Crippen LogP contribution in [0.3, 0.4) is 0 Å². The Morgan fingerprint density at radius 3 is 2.46 bits per heavy atom. The van der Waals surface area contributed by atoms with Gasteiger partial charge in [-0.2, -0.15) is 0 Å². The van der Waals surface area contributed by atoms with E-state index >= 15 is 0 Å². The number of fused-ring (bicyclic) bond motifs is 1. The summed E-state index contributed by atoms with van der Waals surface area (Å²) in [4.78, 5) is 12.4. The molecule has 6 heteroatoms. The smallest absolute Gasteiger partial charge is 0.241 e. The molecular formula is C20H20N2O3S. The Morgan fingerprint density at radius 2 is 1.69 bits per heavy atom. The second-order valence-corrected chi connectivity index (χ2v) is 7.90. The van der Waals surface area contributed by atoms with Gasteiger partial charge in [0.05, 0.1) is 11.4 Å². The molecule has 26 heavy (non-hydrogen) atoms. The average Bonchev–Trinajstić information content (AvgIpc) is 2.60. The molecular weight excluding hydrogens is 348 g/mol. The summed E-state index contributed by atoms with van der Waals surface area (Å²) in [5, 5.41) is 4.67. The van der Waals surface area contributed by atoms with Crippen LogP contribution in [0.15, 0.2) is 65.6 Å². The number of amides is 1. The van der Waals surface area contributed by atoms with Crippen molar-refractivity contribution in [3.8, 4) is 0 Å². The van der Waals surface area contributed by atoms with Crippen LogP contribution in [0.5, 0.6) is 0 Å². The van der Waals surface area contributed by atoms with Gasteiger partial charge in [-0.25, -0.2) is 13.1 Å². The fraction of sp³-hybridized carbons (Fsp3) is 0.150. The molecule has 0 aromatic heterocycles. The van der Waals surface area contributed by atoms with Crippen LogP contribution >= 0.6 is 0 Å². The van der Waals surface area contributed by atoms with E-state index in [0.29, 0.717) is 11.3 Å². The molecule has 0 atom stereocenters. The third kappa shape index (κ3) is 3.92. The summed E-state index contributed by atoms with van der Waals surface area (Å²) < 4.78 is 27.2. The van der Waals surface area contributed by atoms with E-state index in [4.69, 9.17) is 0 Å². The summed E-state index contributed by atoms with van der Waals surface area (Å²) in [6.07, 6.45) is 0. The maximum atomic E-state index is 12.4. The minimum atomic E-state index is -3.75. The third-order valence-electron chi connectivity index (χ3n) is 4.11. The molecule has 0 aliphatic heterocycles. The van der Waals surface area contributed by atoms with Crippen LogP contribution in [0, 0.1) is 13.8 Å². The van der Waals surface area contributed by atoms with E-state index < -0.39 is 15.9 Å². The topological polar surface area (TPSA) is 75.3 Å². The molecule has 0 bridgehead atoms. The lowest BCUT2D eigenvalue weighted by Crippen LogP contribution is -2.33. The van der Waals surface area contributed by atoms with Gasteiger partial charge in [0, 0.05) is 11.1 Å². The molecule has 0 unspecified atom stereocenters. The van der Waals surface area contributed by atoms with Crippen molar-refractivity contribution in [1.82, 2.24) is 4.72 Å². The third-order valence-corrected chi connectivity index (χ3v) is 5.67. The number of anilines is 1. The molecule has 5 nitrogen and oxygen atoms in total. The largest absolute Gasteiger partial charge is 0.324 e. The van der Waals surface area contributed by atoms with E-state index in [0.717, 1.165) is 16.3 Å². The highest BCUT2D eigenvalue weighted by Crippen LogP contribution is 2.22. The van der Waals surface area contributed by atoms with Crippen LogP contribution in [-0.4, -0.2) is 20.9 Å². The molecule has 3 aromatic rings. The number of carbonyl (C=O) groups is 1. The van der Waals surface area contributed by atoms with Gasteiger partial charge in [-0.3, -0.25) is 4.79 Å². The number of hydrogen-bond donors (Lipinski definition) is 2. The van der Waals surface area contributed by atoms with Crippen LogP contribution in [0.2, 0.25) is 0 Å². The van der Waals surface area contributed by atoms with E-state index in [-0.39, 0.29) is 11.4 Å². The molecule has 0 spiro atoms. The second-order valence-electron chi connectivity index (χ2n) is 6.17. The summed E-state index contributed by atoms with van der Waals surface area (Å²) in [6.45, 7) is 3.30. The number of carbonyl (C=O) groups excluding carboxylic acids is 1. The van der Waals surface area contributed by atoms with Gasteiger partial charge < -0.3 is 5.32 Å². The normalized spacial score (nSPS) is 11.5. The molecule has 0 radical (unpaired) electrons. The predicted molar refractivity (Wildman–Crippen MR) is 104 cm³/mol. The Bertz CT molecular complexity index is 1070. The Balaban J connectivity index is 1.72. The summed E-state index contributed by atoms with van der Waals surface area (Å²) >= 11 is 0. The molecule has 0 aliphatic carbocycles. The van der Waals surface area contributed by atoms with Crippen molar-refractivity contribution in [1.29, 1.82) is 0 Å². The molecule has 0 aliphatic rings. The number of benzene rings is 3. The van der Waals surface area contributed by atoms with Crippen molar-refractivity contribution in [3.63, 3.8) is 0 Å². The first-order valence-corrected chi connectivity index (χ1v) is 9.70. The van der Waals surface area contributed by atoms with Crippen LogP contribution in [0.25, 0.3) is 10.8 Å². The first kappa shape index (κ1) is 18.1. The summed E-state index contributed by atoms with van der Waals surface area (Å²) in [7, 11) is -3.75. The van der Waals surface area contributed by atoms with Crippen molar-refractivity contribution in [2.75, 3.05) is 11.9 Å². The van der Waals surface area contributed by atoms with Crippen LogP contribution < -0.4 is 10.0 Å². The summed E-state index contributed by atoms with van der Waals surface area (Å²) in [6, 6.07) is 18.3. The molecule has 0 saturated carbocycles. The van der Waals surface area contributed by atoms with Crippen LogP contribution in [-0.2, 0) is 14.8 Å². The van der Waals surface area contributed by atoms with Crippen molar-refractivity contribution < 1.29 is 13.2 Å². The van der Waals surface area contributed by atoms with Crippen molar-refractivity contribution in [3.05, 3.63) is 71.8 Å². The fourth-order valence-corrected chi connectivity index (χ4v) is 4.07. The quantitative estimate of drug-likeness (QED) is 0.725. The van der Waals surface area contributed by atoms with E-state index in [2.05, 4.69) is 10.0 Å². The molecule has 3 rings (SSSR count). The molecule has 3 aromatic carbocycles. The molecule has 0 heterocycles. The number of aryl methyl sites for hydroxylation is 2. The van der Waals surface area contributed by atoms with Gasteiger partial charge in [-0.1, -0.05) is 54.1 Å². The predicted octanol–water partition coefficient (Wildman–Crippen LogP) is 3.37. The highest BCUT2D eigenvalue weighted by molar-refractivity contribution is 7.89. The van der Waals surface area contributed by atoms with E-state index in [1.54, 1.807) is 31.2 Å². The molecule has 0 saturated heterocycles. The zero-order chi connectivity index (χ0) is 18.7. The first-order chi connectivity index (χ1) is 12.4. The maximum Gasteiger partial charge on any atom is 0.241 e. The van der Waals surface area contributed by atoms with Crippen molar-refractivity contribution in [2.45, 2.75) is 18.7 Å². The standard InChI is InChI=1S/C20H20N2O3S/c1-14-10-11-19(15(2)12-14)26(24,25)21-13-20(23)22-18-9-5-7-16-6-3-4-8-17(16)18/h3-12,21H,13H2,1-2H3,(H,22,23). The zero-order valence-corrected chi connectivity index (χ0v) is 15.4. The Kier molecular flexibility index (Phi) is 5.06. The average molecular weight is 368 g/mol. The minimum Gasteiger partial charge on any atom is -0.324 e. The number of nitrogens with one attached hydrogen (secondary N) is 2. The van der Waals surface area contributed by atoms with E-state index in [9.17, 15) is 13.2 Å². The maximum absolute atomic E-state index is 12.4. The van der Waals surface area contributed by atoms with E-state index in [1.165, 1.54) is 0 Å². The summed E-state index contributed by atoms with van der Waals surface area (Å²) in [5.74, 6) is -0.422. The number of hydrogen-bond acceptors (Lipinski definition) is 3.